The lowest BCUT2D eigenvalue weighted by molar-refractivity contribution is 0.249. The fraction of sp³-hybridized carbons (Fsp3) is 0.182. The number of benzene rings is 1. The standard InChI is InChI=1S/C11H10FNO2/c1-8-6-9(2-3-11(8)12)14-7-10-4-5-13-15-10/h2-6H,7H2,1H3. The molecule has 0 bridgehead atoms. The quantitative estimate of drug-likeness (QED) is 0.776. The van der Waals surface area contributed by atoms with Gasteiger partial charge in [-0.1, -0.05) is 5.16 Å². The summed E-state index contributed by atoms with van der Waals surface area (Å²) in [5, 5.41) is 3.55. The molecule has 0 amide bonds. The van der Waals surface area contributed by atoms with E-state index in [-0.39, 0.29) is 5.82 Å². The van der Waals surface area contributed by atoms with Gasteiger partial charge in [-0.15, -0.1) is 0 Å². The molecular weight excluding hydrogens is 197 g/mol. The van der Waals surface area contributed by atoms with Gasteiger partial charge >= 0.3 is 0 Å². The topological polar surface area (TPSA) is 35.3 Å². The SMILES string of the molecule is Cc1cc(OCc2ccno2)ccc1F. The lowest BCUT2D eigenvalue weighted by Crippen LogP contribution is -1.94. The van der Waals surface area contributed by atoms with E-state index >= 15 is 0 Å². The summed E-state index contributed by atoms with van der Waals surface area (Å²) in [7, 11) is 0. The van der Waals surface area contributed by atoms with E-state index < -0.39 is 0 Å². The van der Waals surface area contributed by atoms with Crippen LogP contribution in [0.5, 0.6) is 5.75 Å². The molecule has 3 nitrogen and oxygen atoms in total. The average molecular weight is 207 g/mol. The molecule has 0 aliphatic heterocycles. The molecule has 1 aromatic heterocycles. The van der Waals surface area contributed by atoms with Gasteiger partial charge in [-0.05, 0) is 30.7 Å². The number of aryl methyl sites for hydroxylation is 1. The Kier molecular flexibility index (Phi) is 2.67. The summed E-state index contributed by atoms with van der Waals surface area (Å²) >= 11 is 0. The lowest BCUT2D eigenvalue weighted by Gasteiger charge is -2.04. The summed E-state index contributed by atoms with van der Waals surface area (Å²) in [4.78, 5) is 0. The number of hydrogen-bond donors (Lipinski definition) is 0. The van der Waals surface area contributed by atoms with E-state index in [2.05, 4.69) is 5.16 Å². The molecule has 78 valence electrons. The average Bonchev–Trinajstić information content (AvgIpc) is 2.73. The van der Waals surface area contributed by atoms with Crippen molar-refractivity contribution in [1.29, 1.82) is 0 Å². The van der Waals surface area contributed by atoms with Gasteiger partial charge in [0.05, 0.1) is 6.20 Å². The minimum absolute atomic E-state index is 0.234. The highest BCUT2D eigenvalue weighted by Gasteiger charge is 2.01. The molecule has 0 unspecified atom stereocenters. The van der Waals surface area contributed by atoms with E-state index in [1.807, 2.05) is 0 Å². The molecule has 1 heterocycles. The van der Waals surface area contributed by atoms with Crippen molar-refractivity contribution in [1.82, 2.24) is 5.16 Å². The van der Waals surface area contributed by atoms with Crippen LogP contribution in [0.15, 0.2) is 35.0 Å². The van der Waals surface area contributed by atoms with Gasteiger partial charge in [0.15, 0.2) is 5.76 Å². The predicted octanol–water partition coefficient (Wildman–Crippen LogP) is 2.70. The van der Waals surface area contributed by atoms with Crippen molar-refractivity contribution in [3.8, 4) is 5.75 Å². The Morgan fingerprint density at radius 3 is 2.93 bits per heavy atom. The Labute approximate surface area is 86.5 Å². The smallest absolute Gasteiger partial charge is 0.174 e. The van der Waals surface area contributed by atoms with Gasteiger partial charge in [-0.25, -0.2) is 4.39 Å². The lowest BCUT2D eigenvalue weighted by atomic mass is 10.2. The van der Waals surface area contributed by atoms with Crippen molar-refractivity contribution in [3.63, 3.8) is 0 Å². The Hall–Kier alpha value is -1.84. The van der Waals surface area contributed by atoms with Crippen LogP contribution >= 0.6 is 0 Å². The van der Waals surface area contributed by atoms with Crippen LogP contribution in [0.1, 0.15) is 11.3 Å². The highest BCUT2D eigenvalue weighted by molar-refractivity contribution is 5.28. The summed E-state index contributed by atoms with van der Waals surface area (Å²) < 4.78 is 23.2. The number of halogens is 1. The molecule has 0 atom stereocenters. The van der Waals surface area contributed by atoms with Crippen LogP contribution in [-0.2, 0) is 6.61 Å². The van der Waals surface area contributed by atoms with Crippen LogP contribution in [0.2, 0.25) is 0 Å². The zero-order chi connectivity index (χ0) is 10.7. The van der Waals surface area contributed by atoms with Crippen LogP contribution in [-0.4, -0.2) is 5.16 Å². The van der Waals surface area contributed by atoms with Crippen LogP contribution < -0.4 is 4.74 Å². The Balaban J connectivity index is 2.02. The summed E-state index contributed by atoms with van der Waals surface area (Å²) in [5.41, 5.74) is 0.560. The first kappa shape index (κ1) is 9.71. The van der Waals surface area contributed by atoms with Gasteiger partial charge in [0.25, 0.3) is 0 Å². The van der Waals surface area contributed by atoms with Crippen molar-refractivity contribution in [3.05, 3.63) is 47.6 Å². The fourth-order valence-corrected chi connectivity index (χ4v) is 1.18. The third kappa shape index (κ3) is 2.34. The number of nitrogens with zero attached hydrogens (tertiary/aromatic N) is 1. The predicted molar refractivity (Wildman–Crippen MR) is 52.0 cm³/mol. The molecule has 0 saturated carbocycles. The zero-order valence-corrected chi connectivity index (χ0v) is 8.24. The van der Waals surface area contributed by atoms with Crippen LogP contribution in [0, 0.1) is 12.7 Å². The number of ether oxygens (including phenoxy) is 1. The maximum Gasteiger partial charge on any atom is 0.174 e. The van der Waals surface area contributed by atoms with Crippen molar-refractivity contribution in [2.24, 2.45) is 0 Å². The largest absolute Gasteiger partial charge is 0.486 e. The molecule has 0 N–H and O–H groups in total. The van der Waals surface area contributed by atoms with Crippen LogP contribution in [0.4, 0.5) is 4.39 Å². The first-order valence-electron chi connectivity index (χ1n) is 4.54. The third-order valence-corrected chi connectivity index (χ3v) is 2.00. The fourth-order valence-electron chi connectivity index (χ4n) is 1.18. The van der Waals surface area contributed by atoms with Gasteiger partial charge in [0, 0.05) is 6.07 Å². The van der Waals surface area contributed by atoms with Crippen molar-refractivity contribution >= 4 is 0 Å². The van der Waals surface area contributed by atoms with E-state index in [0.29, 0.717) is 23.7 Å². The van der Waals surface area contributed by atoms with Crippen LogP contribution in [0.3, 0.4) is 0 Å². The maximum absolute atomic E-state index is 12.9. The van der Waals surface area contributed by atoms with Gasteiger partial charge in [-0.2, -0.15) is 0 Å². The first-order chi connectivity index (χ1) is 7.25. The van der Waals surface area contributed by atoms with Gasteiger partial charge < -0.3 is 9.26 Å². The second kappa shape index (κ2) is 4.13. The number of hydrogen-bond acceptors (Lipinski definition) is 3. The third-order valence-electron chi connectivity index (χ3n) is 2.00. The summed E-state index contributed by atoms with van der Waals surface area (Å²) in [6.07, 6.45) is 1.55. The number of rotatable bonds is 3. The van der Waals surface area contributed by atoms with E-state index in [1.54, 1.807) is 31.3 Å². The van der Waals surface area contributed by atoms with Crippen molar-refractivity contribution in [2.45, 2.75) is 13.5 Å². The molecule has 2 aromatic rings. The molecule has 0 aliphatic rings. The zero-order valence-electron chi connectivity index (χ0n) is 8.24. The molecule has 0 radical (unpaired) electrons. The molecule has 4 heteroatoms. The monoisotopic (exact) mass is 207 g/mol. The maximum atomic E-state index is 12.9. The van der Waals surface area contributed by atoms with E-state index in [0.717, 1.165) is 0 Å². The second-order valence-electron chi connectivity index (χ2n) is 3.18. The summed E-state index contributed by atoms with van der Waals surface area (Å²) in [5.74, 6) is 1.02. The normalized spacial score (nSPS) is 10.3. The summed E-state index contributed by atoms with van der Waals surface area (Å²) in [6, 6.07) is 6.33. The minimum Gasteiger partial charge on any atom is -0.486 e. The first-order valence-corrected chi connectivity index (χ1v) is 4.54. The summed E-state index contributed by atoms with van der Waals surface area (Å²) in [6.45, 7) is 1.99. The molecule has 2 rings (SSSR count). The Bertz CT molecular complexity index is 440. The molecule has 15 heavy (non-hydrogen) atoms. The molecule has 1 aromatic carbocycles. The van der Waals surface area contributed by atoms with Gasteiger partial charge in [0.1, 0.15) is 18.2 Å². The minimum atomic E-state index is -0.234. The number of aromatic nitrogens is 1. The molecular formula is C11H10FNO2. The second-order valence-corrected chi connectivity index (χ2v) is 3.18. The Morgan fingerprint density at radius 1 is 1.40 bits per heavy atom. The van der Waals surface area contributed by atoms with Crippen LogP contribution in [0.25, 0.3) is 0 Å². The van der Waals surface area contributed by atoms with Gasteiger partial charge in [-0.3, -0.25) is 0 Å². The molecule has 0 aliphatic carbocycles. The van der Waals surface area contributed by atoms with E-state index in [9.17, 15) is 4.39 Å². The molecule has 0 fully saturated rings. The highest BCUT2D eigenvalue weighted by Crippen LogP contribution is 2.17. The Morgan fingerprint density at radius 2 is 2.27 bits per heavy atom. The van der Waals surface area contributed by atoms with E-state index in [4.69, 9.17) is 9.26 Å². The highest BCUT2D eigenvalue weighted by atomic mass is 19.1. The van der Waals surface area contributed by atoms with Crippen molar-refractivity contribution < 1.29 is 13.7 Å². The van der Waals surface area contributed by atoms with Gasteiger partial charge in [0.2, 0.25) is 0 Å². The molecule has 0 saturated heterocycles. The molecule has 0 spiro atoms. The van der Waals surface area contributed by atoms with Crippen molar-refractivity contribution in [2.75, 3.05) is 0 Å². The van der Waals surface area contributed by atoms with E-state index in [1.165, 1.54) is 6.07 Å².